The number of nitrogen functional groups attached to an aromatic ring is 1. The first-order valence-corrected chi connectivity index (χ1v) is 12.7. The highest BCUT2D eigenvalue weighted by molar-refractivity contribution is 6.31. The van der Waals surface area contributed by atoms with Gasteiger partial charge in [0, 0.05) is 16.0 Å². The van der Waals surface area contributed by atoms with Crippen LogP contribution in [0.2, 0.25) is 5.02 Å². The first-order chi connectivity index (χ1) is 19.1. The molecule has 3 aromatic carbocycles. The number of aromatic nitrogens is 4. The zero-order valence-electron chi connectivity index (χ0n) is 21.2. The number of aliphatic carboxylic acids is 1. The number of carboxylic acid groups (broad SMARTS) is 1. The lowest BCUT2D eigenvalue weighted by Gasteiger charge is -2.23. The van der Waals surface area contributed by atoms with Gasteiger partial charge in [0.05, 0.1) is 24.0 Å². The molecule has 1 aliphatic rings. The average molecular weight is 557 g/mol. The van der Waals surface area contributed by atoms with E-state index in [9.17, 15) is 14.0 Å². The molecule has 0 radical (unpaired) electrons. The molecular formula is C29H22ClFN6O3. The molecule has 0 bridgehead atoms. The van der Waals surface area contributed by atoms with E-state index in [2.05, 4.69) is 15.3 Å². The van der Waals surface area contributed by atoms with E-state index in [4.69, 9.17) is 27.5 Å². The molecule has 0 fully saturated rings. The number of rotatable bonds is 6. The number of amides is 1. The van der Waals surface area contributed by atoms with Crippen molar-refractivity contribution in [1.29, 1.82) is 0 Å². The Hall–Kier alpha value is -4.83. The summed E-state index contributed by atoms with van der Waals surface area (Å²) in [4.78, 5) is 33.6. The Morgan fingerprint density at radius 2 is 1.88 bits per heavy atom. The van der Waals surface area contributed by atoms with Crippen LogP contribution >= 0.6 is 11.6 Å². The van der Waals surface area contributed by atoms with Gasteiger partial charge in [0.1, 0.15) is 28.6 Å². The molecule has 200 valence electrons. The fraction of sp³-hybridized carbons (Fsp3) is 0.138. The lowest BCUT2D eigenvalue weighted by molar-refractivity contribution is -0.136. The number of benzene rings is 3. The number of hydrogen-bond donors (Lipinski definition) is 3. The van der Waals surface area contributed by atoms with E-state index in [1.165, 1.54) is 6.07 Å². The molecule has 40 heavy (non-hydrogen) atoms. The highest BCUT2D eigenvalue weighted by atomic mass is 35.5. The molecule has 3 heterocycles. The SMILES string of the molecule is C[C@]1(c2ccc(CC(=O)O)cc2)C(=O)Nc2nc(-c3nn(Cc4ccccc4F)c4cc(Cl)ccc34)nc(N)c21. The Balaban J connectivity index is 1.44. The van der Waals surface area contributed by atoms with Crippen molar-refractivity contribution >= 4 is 46.0 Å². The molecule has 11 heteroatoms. The van der Waals surface area contributed by atoms with E-state index in [0.717, 1.165) is 0 Å². The monoisotopic (exact) mass is 556 g/mol. The van der Waals surface area contributed by atoms with Crippen molar-refractivity contribution in [2.24, 2.45) is 0 Å². The summed E-state index contributed by atoms with van der Waals surface area (Å²) in [7, 11) is 0. The second kappa shape index (κ2) is 9.42. The molecule has 0 unspecified atom stereocenters. The van der Waals surface area contributed by atoms with Gasteiger partial charge in [-0.15, -0.1) is 0 Å². The van der Waals surface area contributed by atoms with Gasteiger partial charge in [0.2, 0.25) is 5.91 Å². The molecular weight excluding hydrogens is 535 g/mol. The van der Waals surface area contributed by atoms with Gasteiger partial charge < -0.3 is 16.2 Å². The van der Waals surface area contributed by atoms with E-state index in [0.29, 0.717) is 43.9 Å². The molecule has 6 rings (SSSR count). The maximum absolute atomic E-state index is 14.4. The maximum atomic E-state index is 14.4. The van der Waals surface area contributed by atoms with Crippen molar-refractivity contribution in [3.8, 4) is 11.5 Å². The number of nitrogens with zero attached hydrogens (tertiary/aromatic N) is 4. The largest absolute Gasteiger partial charge is 0.481 e. The van der Waals surface area contributed by atoms with Crippen LogP contribution in [0.5, 0.6) is 0 Å². The minimum atomic E-state index is -1.19. The van der Waals surface area contributed by atoms with Crippen molar-refractivity contribution in [2.45, 2.75) is 25.3 Å². The van der Waals surface area contributed by atoms with Crippen molar-refractivity contribution in [2.75, 3.05) is 11.1 Å². The average Bonchev–Trinajstić information content (AvgIpc) is 3.39. The van der Waals surface area contributed by atoms with Gasteiger partial charge in [-0.1, -0.05) is 54.1 Å². The third-order valence-corrected chi connectivity index (χ3v) is 7.45. The van der Waals surface area contributed by atoms with Crippen LogP contribution in [0.3, 0.4) is 0 Å². The second-order valence-electron chi connectivity index (χ2n) is 9.76. The molecule has 0 aliphatic carbocycles. The van der Waals surface area contributed by atoms with Crippen molar-refractivity contribution in [3.05, 3.63) is 99.8 Å². The standard InChI is InChI=1S/C29H22ClFN6O3/c1-29(17-8-6-15(7-9-17)12-22(38)39)23-25(32)33-27(34-26(23)35-28(29)40)24-19-11-10-18(30)13-21(19)37(36-24)14-16-4-2-3-5-20(16)31/h2-11,13H,12,14H2,1H3,(H,38,39)(H3,32,33,34,35,40)/t29-/m1/s1. The number of halogens is 2. The first-order valence-electron chi connectivity index (χ1n) is 12.4. The molecule has 4 N–H and O–H groups in total. The van der Waals surface area contributed by atoms with Crippen LogP contribution in [-0.4, -0.2) is 36.7 Å². The van der Waals surface area contributed by atoms with Crippen LogP contribution < -0.4 is 11.1 Å². The molecule has 9 nitrogen and oxygen atoms in total. The van der Waals surface area contributed by atoms with Gasteiger partial charge >= 0.3 is 5.97 Å². The fourth-order valence-electron chi connectivity index (χ4n) is 5.14. The van der Waals surface area contributed by atoms with Crippen LogP contribution in [0, 0.1) is 5.82 Å². The number of carboxylic acids is 1. The predicted octanol–water partition coefficient (Wildman–Crippen LogP) is 4.80. The summed E-state index contributed by atoms with van der Waals surface area (Å²) >= 11 is 6.28. The minimum absolute atomic E-state index is 0.0984. The van der Waals surface area contributed by atoms with Gasteiger partial charge in [-0.2, -0.15) is 5.10 Å². The summed E-state index contributed by atoms with van der Waals surface area (Å²) in [5.74, 6) is -1.09. The van der Waals surface area contributed by atoms with Gasteiger partial charge in [-0.05, 0) is 42.3 Å². The summed E-state index contributed by atoms with van der Waals surface area (Å²) in [6, 6.07) is 18.4. The third-order valence-electron chi connectivity index (χ3n) is 7.21. The van der Waals surface area contributed by atoms with Gasteiger partial charge in [0.15, 0.2) is 5.82 Å². The van der Waals surface area contributed by atoms with Crippen molar-refractivity contribution in [3.63, 3.8) is 0 Å². The minimum Gasteiger partial charge on any atom is -0.481 e. The van der Waals surface area contributed by atoms with Gasteiger partial charge in [-0.3, -0.25) is 14.3 Å². The molecule has 1 amide bonds. The van der Waals surface area contributed by atoms with Crippen LogP contribution in [0.15, 0.2) is 66.7 Å². The molecule has 0 saturated heterocycles. The van der Waals surface area contributed by atoms with Crippen LogP contribution in [0.25, 0.3) is 22.4 Å². The van der Waals surface area contributed by atoms with Crippen LogP contribution in [-0.2, 0) is 28.0 Å². The Bertz CT molecular complexity index is 1840. The number of carbonyl (C=O) groups is 2. The van der Waals surface area contributed by atoms with Crippen molar-refractivity contribution in [1.82, 2.24) is 19.7 Å². The zero-order valence-corrected chi connectivity index (χ0v) is 21.9. The second-order valence-corrected chi connectivity index (χ2v) is 10.2. The van der Waals surface area contributed by atoms with Crippen LogP contribution in [0.4, 0.5) is 16.0 Å². The summed E-state index contributed by atoms with van der Waals surface area (Å²) in [6.45, 7) is 1.87. The van der Waals surface area contributed by atoms with Crippen LogP contribution in [0.1, 0.15) is 29.2 Å². The highest BCUT2D eigenvalue weighted by Crippen LogP contribution is 2.45. The smallest absolute Gasteiger partial charge is 0.307 e. The topological polar surface area (TPSA) is 136 Å². The van der Waals surface area contributed by atoms with E-state index < -0.39 is 11.4 Å². The number of anilines is 2. The molecule has 5 aromatic rings. The lowest BCUT2D eigenvalue weighted by atomic mass is 9.77. The summed E-state index contributed by atoms with van der Waals surface area (Å²) in [5, 5.41) is 17.8. The number of fused-ring (bicyclic) bond motifs is 2. The Morgan fingerprint density at radius 1 is 1.12 bits per heavy atom. The lowest BCUT2D eigenvalue weighted by Crippen LogP contribution is -2.33. The summed E-state index contributed by atoms with van der Waals surface area (Å²) in [5.41, 5.74) is 8.43. The summed E-state index contributed by atoms with van der Waals surface area (Å²) in [6.07, 6.45) is -0.128. The summed E-state index contributed by atoms with van der Waals surface area (Å²) < 4.78 is 16.1. The zero-order chi connectivity index (χ0) is 28.2. The Morgan fingerprint density at radius 3 is 2.60 bits per heavy atom. The van der Waals surface area contributed by atoms with Gasteiger partial charge in [0.25, 0.3) is 0 Å². The van der Waals surface area contributed by atoms with E-state index in [1.54, 1.807) is 72.3 Å². The number of hydrogen-bond acceptors (Lipinski definition) is 6. The maximum Gasteiger partial charge on any atom is 0.307 e. The van der Waals surface area contributed by atoms with Gasteiger partial charge in [-0.25, -0.2) is 14.4 Å². The Labute approximate surface area is 232 Å². The number of nitrogens with one attached hydrogen (secondary N) is 1. The van der Waals surface area contributed by atoms with E-state index in [1.807, 2.05) is 0 Å². The molecule has 0 spiro atoms. The predicted molar refractivity (Wildman–Crippen MR) is 149 cm³/mol. The molecule has 1 aliphatic heterocycles. The third kappa shape index (κ3) is 4.13. The van der Waals surface area contributed by atoms with E-state index in [-0.39, 0.29) is 42.2 Å². The number of nitrogens with two attached hydrogens (primary N) is 1. The van der Waals surface area contributed by atoms with E-state index >= 15 is 0 Å². The quantitative estimate of drug-likeness (QED) is 0.273. The molecule has 2 aromatic heterocycles. The normalized spacial score (nSPS) is 16.2. The van der Waals surface area contributed by atoms with Crippen molar-refractivity contribution < 1.29 is 19.1 Å². The molecule has 1 atom stereocenters. The Kier molecular flexibility index (Phi) is 5.99. The highest BCUT2D eigenvalue weighted by Gasteiger charge is 2.47. The molecule has 0 saturated carbocycles. The number of carbonyl (C=O) groups excluding carboxylic acids is 1. The first kappa shape index (κ1) is 25.4. The fourth-order valence-corrected chi connectivity index (χ4v) is 5.31.